The summed E-state index contributed by atoms with van der Waals surface area (Å²) in [4.78, 5) is 16.0. The summed E-state index contributed by atoms with van der Waals surface area (Å²) in [6.07, 6.45) is 0.862. The van der Waals surface area contributed by atoms with Crippen LogP contribution in [-0.2, 0) is 37.5 Å². The van der Waals surface area contributed by atoms with Crippen molar-refractivity contribution in [3.05, 3.63) is 34.7 Å². The smallest absolute Gasteiger partial charge is 0.264 e. The minimum Gasteiger partial charge on any atom is -0.322 e. The number of carbonyl (C=O) groups excluding carboxylic acids is 1. The van der Waals surface area contributed by atoms with Crippen molar-refractivity contribution in [2.75, 3.05) is 25.3 Å². The van der Waals surface area contributed by atoms with E-state index < -0.39 is 7.26 Å². The molecule has 111 valence electrons. The van der Waals surface area contributed by atoms with Crippen molar-refractivity contribution >= 4 is 24.5 Å². The van der Waals surface area contributed by atoms with E-state index in [4.69, 9.17) is 6.57 Å². The van der Waals surface area contributed by atoms with Crippen LogP contribution in [-0.4, -0.2) is 31.6 Å². The van der Waals surface area contributed by atoms with E-state index in [9.17, 15) is 4.79 Å². The van der Waals surface area contributed by atoms with E-state index in [-0.39, 0.29) is 44.3 Å². The number of amides is 1. The predicted octanol–water partition coefficient (Wildman–Crippen LogP) is 4.48. The second kappa shape index (κ2) is 8.37. The zero-order valence-electron chi connectivity index (χ0n) is 13.8. The Morgan fingerprint density at radius 3 is 2.10 bits per heavy atom. The van der Waals surface area contributed by atoms with Crippen molar-refractivity contribution in [3.63, 3.8) is 0 Å². The van der Waals surface area contributed by atoms with E-state index in [1.807, 2.05) is 26.0 Å². The van der Waals surface area contributed by atoms with Crippen LogP contribution in [0.25, 0.3) is 4.85 Å². The van der Waals surface area contributed by atoms with Gasteiger partial charge >= 0.3 is 0 Å². The average Bonchev–Trinajstić information content (AvgIpc) is 2.32. The van der Waals surface area contributed by atoms with Gasteiger partial charge in [0.25, 0.3) is 5.91 Å². The molecule has 0 aliphatic carbocycles. The summed E-state index contributed by atoms with van der Waals surface area (Å²) in [5.74, 6) is 0.107. The van der Waals surface area contributed by atoms with Crippen molar-refractivity contribution in [2.24, 2.45) is 0 Å². The molecule has 21 heavy (non-hydrogen) atoms. The Kier molecular flexibility index (Phi) is 8.26. The predicted molar refractivity (Wildman–Crippen MR) is 89.6 cm³/mol. The van der Waals surface area contributed by atoms with Gasteiger partial charge in [0.05, 0.1) is 6.57 Å². The summed E-state index contributed by atoms with van der Waals surface area (Å²) < 4.78 is 0. The topological polar surface area (TPSA) is 33.5 Å². The minimum absolute atomic E-state index is 0. The number of rotatable bonds is 4. The molecule has 0 saturated heterocycles. The molecule has 0 aromatic heterocycles. The van der Waals surface area contributed by atoms with E-state index in [1.54, 1.807) is 0 Å². The van der Waals surface area contributed by atoms with Crippen LogP contribution in [0.4, 0.5) is 11.4 Å². The SMILES string of the molecule is [C-]#[N+]c1cc(C)c(NC(=O)C(CC)[P+](C)(C)C)c(C)c1.[Y]. The first-order chi connectivity index (χ1) is 9.20. The van der Waals surface area contributed by atoms with Gasteiger partial charge < -0.3 is 5.32 Å². The summed E-state index contributed by atoms with van der Waals surface area (Å²) in [7, 11) is -1.23. The summed E-state index contributed by atoms with van der Waals surface area (Å²) in [6.45, 7) is 19.6. The van der Waals surface area contributed by atoms with Gasteiger partial charge in [-0.15, -0.1) is 0 Å². The molecular weight excluding hydrogens is 356 g/mol. The molecule has 1 atom stereocenters. The molecule has 5 heteroatoms. The molecular formula is C16H24N2OPY+. The van der Waals surface area contributed by atoms with E-state index in [0.29, 0.717) is 5.69 Å². The number of anilines is 1. The van der Waals surface area contributed by atoms with Crippen molar-refractivity contribution in [3.8, 4) is 0 Å². The van der Waals surface area contributed by atoms with Crippen LogP contribution in [0.2, 0.25) is 0 Å². The molecule has 0 heterocycles. The molecule has 0 spiro atoms. The number of nitrogens with zero attached hydrogens (tertiary/aromatic N) is 1. The summed E-state index contributed by atoms with van der Waals surface area (Å²) in [5, 5.41) is 3.07. The van der Waals surface area contributed by atoms with Gasteiger partial charge in [-0.3, -0.25) is 4.79 Å². The molecule has 0 saturated carbocycles. The maximum absolute atomic E-state index is 12.5. The van der Waals surface area contributed by atoms with Gasteiger partial charge in [0.15, 0.2) is 5.69 Å². The molecule has 1 amide bonds. The molecule has 0 aliphatic heterocycles. The first kappa shape index (κ1) is 20.7. The van der Waals surface area contributed by atoms with Crippen molar-refractivity contribution in [1.29, 1.82) is 0 Å². The fourth-order valence-corrected chi connectivity index (χ4v) is 4.36. The molecule has 1 N–H and O–H groups in total. The van der Waals surface area contributed by atoms with E-state index >= 15 is 0 Å². The van der Waals surface area contributed by atoms with Crippen molar-refractivity contribution in [1.82, 2.24) is 0 Å². The molecule has 1 aromatic carbocycles. The first-order valence-corrected chi connectivity index (χ1v) is 10.0. The van der Waals surface area contributed by atoms with Gasteiger partial charge in [-0.05, 0) is 31.4 Å². The van der Waals surface area contributed by atoms with Crippen LogP contribution in [0, 0.1) is 20.4 Å². The minimum atomic E-state index is -1.23. The Morgan fingerprint density at radius 1 is 1.29 bits per heavy atom. The fourth-order valence-electron chi connectivity index (χ4n) is 2.49. The van der Waals surface area contributed by atoms with Crippen molar-refractivity contribution in [2.45, 2.75) is 32.9 Å². The zero-order valence-corrected chi connectivity index (χ0v) is 17.6. The summed E-state index contributed by atoms with van der Waals surface area (Å²) in [5.41, 5.74) is 3.46. The van der Waals surface area contributed by atoms with Gasteiger partial charge in [0.1, 0.15) is 5.66 Å². The molecule has 0 fully saturated rings. The third kappa shape index (κ3) is 5.44. The van der Waals surface area contributed by atoms with Crippen LogP contribution in [0.3, 0.4) is 0 Å². The van der Waals surface area contributed by atoms with Crippen LogP contribution in [0.1, 0.15) is 24.5 Å². The molecule has 1 unspecified atom stereocenters. The van der Waals surface area contributed by atoms with E-state index in [1.165, 1.54) is 0 Å². The maximum Gasteiger partial charge on any atom is 0.264 e. The number of hydrogen-bond donors (Lipinski definition) is 1. The van der Waals surface area contributed by atoms with E-state index in [0.717, 1.165) is 23.2 Å². The standard InChI is InChI=1S/C16H23N2OP.Y/c1-8-14(20(5,6)7)16(19)18-15-11(2)9-13(17-4)10-12(15)3;/h9-10,14H,8H2,1-3,5-7H3;/p+1. The molecule has 1 radical (unpaired) electrons. The number of nitrogens with one attached hydrogen (secondary N) is 1. The Labute approximate surface area is 154 Å². The van der Waals surface area contributed by atoms with Gasteiger partial charge in [0.2, 0.25) is 0 Å². The largest absolute Gasteiger partial charge is 0.322 e. The van der Waals surface area contributed by atoms with Gasteiger partial charge in [0, 0.05) is 65.7 Å². The third-order valence-corrected chi connectivity index (χ3v) is 5.99. The van der Waals surface area contributed by atoms with Crippen LogP contribution in [0.5, 0.6) is 0 Å². The Morgan fingerprint density at radius 2 is 1.76 bits per heavy atom. The van der Waals surface area contributed by atoms with Gasteiger partial charge in [-0.1, -0.05) is 19.1 Å². The van der Waals surface area contributed by atoms with E-state index in [2.05, 4.69) is 37.1 Å². The average molecular weight is 380 g/mol. The molecule has 1 rings (SSSR count). The monoisotopic (exact) mass is 380 g/mol. The second-order valence-corrected chi connectivity index (χ2v) is 11.0. The summed E-state index contributed by atoms with van der Waals surface area (Å²) >= 11 is 0. The number of hydrogen-bond acceptors (Lipinski definition) is 1. The molecule has 0 bridgehead atoms. The third-order valence-electron chi connectivity index (χ3n) is 3.52. The number of benzene rings is 1. The molecule has 1 aromatic rings. The normalized spacial score (nSPS) is 12.0. The van der Waals surface area contributed by atoms with Crippen LogP contribution in [0.15, 0.2) is 12.1 Å². The maximum atomic E-state index is 12.5. The van der Waals surface area contributed by atoms with Crippen molar-refractivity contribution < 1.29 is 37.5 Å². The first-order valence-electron chi connectivity index (χ1n) is 6.81. The quantitative estimate of drug-likeness (QED) is 0.607. The molecule has 0 aliphatic rings. The number of aryl methyl sites for hydroxylation is 2. The number of carbonyl (C=O) groups is 1. The summed E-state index contributed by atoms with van der Waals surface area (Å²) in [6, 6.07) is 3.64. The Balaban J connectivity index is 0.00000400. The fraction of sp³-hybridized carbons (Fsp3) is 0.500. The Hall–Kier alpha value is -0.286. The Bertz CT molecular complexity index is 535. The zero-order chi connectivity index (χ0) is 15.5. The van der Waals surface area contributed by atoms with Gasteiger partial charge in [-0.2, -0.15) is 0 Å². The second-order valence-electron chi connectivity index (χ2n) is 6.10. The van der Waals surface area contributed by atoms with Gasteiger partial charge in [-0.25, -0.2) is 4.85 Å². The molecule has 3 nitrogen and oxygen atoms in total. The van der Waals surface area contributed by atoms with Crippen LogP contribution < -0.4 is 5.32 Å². The van der Waals surface area contributed by atoms with Crippen LogP contribution >= 0.6 is 7.26 Å².